The molecule has 3 heteroatoms. The van der Waals surface area contributed by atoms with E-state index in [2.05, 4.69) is 4.98 Å². The third-order valence-corrected chi connectivity index (χ3v) is 2.24. The topological polar surface area (TPSA) is 36.7 Å². The van der Waals surface area contributed by atoms with Crippen molar-refractivity contribution in [1.82, 2.24) is 4.98 Å². The van der Waals surface area contributed by atoms with Crippen LogP contribution in [0.4, 0.5) is 0 Å². The Labute approximate surface area is 89.1 Å². The molecule has 1 aromatic rings. The first-order chi connectivity index (χ1) is 6.56. The molecule has 0 radical (unpaired) electrons. The van der Waals surface area contributed by atoms with Crippen LogP contribution >= 0.6 is 11.6 Å². The number of pyridine rings is 1. The Balaban J connectivity index is 3.30. The Kier molecular flexibility index (Phi) is 3.42. The third kappa shape index (κ3) is 2.20. The zero-order chi connectivity index (χ0) is 10.7. The molecule has 0 saturated heterocycles. The van der Waals surface area contributed by atoms with Crippen molar-refractivity contribution < 1.29 is 0 Å². The first-order valence-electron chi connectivity index (χ1n) is 4.40. The molecule has 0 fully saturated rings. The van der Waals surface area contributed by atoms with E-state index in [-0.39, 0.29) is 0 Å². The van der Waals surface area contributed by atoms with Gasteiger partial charge in [0, 0.05) is 23.2 Å². The quantitative estimate of drug-likeness (QED) is 0.743. The molecule has 0 amide bonds. The van der Waals surface area contributed by atoms with Crippen LogP contribution in [0, 0.1) is 12.3 Å². The van der Waals surface area contributed by atoms with Crippen LogP contribution in [0.3, 0.4) is 0 Å². The van der Waals surface area contributed by atoms with E-state index in [1.807, 2.05) is 26.0 Å². The van der Waals surface area contributed by atoms with Gasteiger partial charge in [0.1, 0.15) is 0 Å². The lowest BCUT2D eigenvalue weighted by atomic mass is 10.0. The van der Waals surface area contributed by atoms with Gasteiger partial charge in [-0.2, -0.15) is 0 Å². The lowest BCUT2D eigenvalue weighted by Crippen LogP contribution is -1.98. The molecule has 0 aliphatic heterocycles. The van der Waals surface area contributed by atoms with Gasteiger partial charge in [0.15, 0.2) is 0 Å². The lowest BCUT2D eigenvalue weighted by molar-refractivity contribution is 1.18. The maximum atomic E-state index is 7.62. The Morgan fingerprint density at radius 3 is 2.71 bits per heavy atom. The first-order valence-corrected chi connectivity index (χ1v) is 4.78. The van der Waals surface area contributed by atoms with Gasteiger partial charge in [0.05, 0.1) is 5.02 Å². The summed E-state index contributed by atoms with van der Waals surface area (Å²) in [4.78, 5) is 4.16. The molecule has 1 rings (SSSR count). The molecular weight excluding hydrogens is 196 g/mol. The minimum Gasteiger partial charge on any atom is -0.305 e. The predicted octanol–water partition coefficient (Wildman–Crippen LogP) is 3.49. The number of nitrogens with zero attached hydrogens (tertiary/aromatic N) is 1. The largest absolute Gasteiger partial charge is 0.305 e. The highest BCUT2D eigenvalue weighted by Crippen LogP contribution is 2.21. The van der Waals surface area contributed by atoms with Crippen LogP contribution in [0.15, 0.2) is 18.3 Å². The van der Waals surface area contributed by atoms with Gasteiger partial charge < -0.3 is 5.41 Å². The second kappa shape index (κ2) is 4.38. The number of hydrogen-bond donors (Lipinski definition) is 1. The number of aryl methyl sites for hydroxylation is 1. The molecule has 2 nitrogen and oxygen atoms in total. The molecule has 1 heterocycles. The molecule has 0 aliphatic carbocycles. The summed E-state index contributed by atoms with van der Waals surface area (Å²) in [6, 6.07) is 1.84. The Morgan fingerprint density at radius 1 is 1.57 bits per heavy atom. The molecule has 1 aromatic heterocycles. The molecule has 0 atom stereocenters. The molecule has 0 unspecified atom stereocenters. The summed E-state index contributed by atoms with van der Waals surface area (Å²) in [5.74, 6) is 0. The fourth-order valence-corrected chi connectivity index (χ4v) is 1.51. The molecular formula is C11H13ClN2. The van der Waals surface area contributed by atoms with Crippen molar-refractivity contribution in [1.29, 1.82) is 5.41 Å². The standard InChI is InChI=1S/C11H13ClN2/c1-4-10(7(2)13)11-5-9(12)6-14-8(11)3/h4-6,13H,1-3H3/b10-4-,13-7?. The van der Waals surface area contributed by atoms with Crippen LogP contribution in [0.2, 0.25) is 5.02 Å². The van der Waals surface area contributed by atoms with Crippen molar-refractivity contribution in [2.75, 3.05) is 0 Å². The van der Waals surface area contributed by atoms with Crippen molar-refractivity contribution in [2.45, 2.75) is 20.8 Å². The number of hydrogen-bond acceptors (Lipinski definition) is 2. The van der Waals surface area contributed by atoms with Gasteiger partial charge in [-0.25, -0.2) is 0 Å². The zero-order valence-electron chi connectivity index (χ0n) is 8.56. The van der Waals surface area contributed by atoms with Crippen LogP contribution in [-0.2, 0) is 0 Å². The summed E-state index contributed by atoms with van der Waals surface area (Å²) in [6.45, 7) is 5.58. The number of aromatic nitrogens is 1. The number of nitrogens with one attached hydrogen (secondary N) is 1. The normalized spacial score (nSPS) is 11.6. The van der Waals surface area contributed by atoms with Gasteiger partial charge in [0.25, 0.3) is 0 Å². The van der Waals surface area contributed by atoms with Crippen LogP contribution in [0.1, 0.15) is 25.1 Å². The first kappa shape index (κ1) is 10.9. The van der Waals surface area contributed by atoms with Crippen LogP contribution in [-0.4, -0.2) is 10.7 Å². The van der Waals surface area contributed by atoms with E-state index in [0.29, 0.717) is 10.7 Å². The second-order valence-electron chi connectivity index (χ2n) is 3.11. The van der Waals surface area contributed by atoms with Crippen molar-refractivity contribution in [2.24, 2.45) is 0 Å². The van der Waals surface area contributed by atoms with E-state index in [4.69, 9.17) is 17.0 Å². The third-order valence-electron chi connectivity index (χ3n) is 2.04. The van der Waals surface area contributed by atoms with Gasteiger partial charge in [-0.05, 0) is 32.4 Å². The summed E-state index contributed by atoms with van der Waals surface area (Å²) in [5, 5.41) is 8.22. The van der Waals surface area contributed by atoms with Gasteiger partial charge in [-0.15, -0.1) is 0 Å². The van der Waals surface area contributed by atoms with Crippen molar-refractivity contribution in [3.05, 3.63) is 34.6 Å². The molecule has 1 N–H and O–H groups in total. The van der Waals surface area contributed by atoms with Crippen LogP contribution in [0.5, 0.6) is 0 Å². The van der Waals surface area contributed by atoms with Crippen molar-refractivity contribution in [3.8, 4) is 0 Å². The minimum absolute atomic E-state index is 0.527. The van der Waals surface area contributed by atoms with E-state index in [1.165, 1.54) is 0 Å². The van der Waals surface area contributed by atoms with Gasteiger partial charge in [-0.1, -0.05) is 17.7 Å². The molecule has 0 aliphatic rings. The van der Waals surface area contributed by atoms with Gasteiger partial charge in [0.2, 0.25) is 0 Å². The summed E-state index contributed by atoms with van der Waals surface area (Å²) in [7, 11) is 0. The number of allylic oxidation sites excluding steroid dienone is 2. The minimum atomic E-state index is 0.527. The number of halogens is 1. The van der Waals surface area contributed by atoms with E-state index in [9.17, 15) is 0 Å². The van der Waals surface area contributed by atoms with Crippen molar-refractivity contribution >= 4 is 22.9 Å². The highest BCUT2D eigenvalue weighted by molar-refractivity contribution is 6.31. The highest BCUT2D eigenvalue weighted by Gasteiger charge is 2.07. The molecule has 14 heavy (non-hydrogen) atoms. The number of rotatable bonds is 2. The summed E-state index contributed by atoms with van der Waals surface area (Å²) in [6.07, 6.45) is 3.52. The lowest BCUT2D eigenvalue weighted by Gasteiger charge is -2.08. The average Bonchev–Trinajstić information content (AvgIpc) is 2.11. The average molecular weight is 209 g/mol. The van der Waals surface area contributed by atoms with Gasteiger partial charge in [-0.3, -0.25) is 4.98 Å². The second-order valence-corrected chi connectivity index (χ2v) is 3.55. The predicted molar refractivity (Wildman–Crippen MR) is 61.0 cm³/mol. The van der Waals surface area contributed by atoms with Gasteiger partial charge >= 0.3 is 0 Å². The van der Waals surface area contributed by atoms with E-state index < -0.39 is 0 Å². The maximum absolute atomic E-state index is 7.62. The van der Waals surface area contributed by atoms with E-state index in [1.54, 1.807) is 13.1 Å². The maximum Gasteiger partial charge on any atom is 0.0595 e. The zero-order valence-corrected chi connectivity index (χ0v) is 9.31. The fourth-order valence-electron chi connectivity index (χ4n) is 1.35. The van der Waals surface area contributed by atoms with Crippen LogP contribution in [0.25, 0.3) is 5.57 Å². The fraction of sp³-hybridized carbons (Fsp3) is 0.273. The Morgan fingerprint density at radius 2 is 2.21 bits per heavy atom. The SMILES string of the molecule is C/C=C(/C(C)=N)c1cc(Cl)cnc1C. The van der Waals surface area contributed by atoms with Crippen LogP contribution < -0.4 is 0 Å². The van der Waals surface area contributed by atoms with E-state index >= 15 is 0 Å². The molecule has 0 saturated carbocycles. The Bertz CT molecular complexity index is 394. The van der Waals surface area contributed by atoms with Crippen molar-refractivity contribution in [3.63, 3.8) is 0 Å². The monoisotopic (exact) mass is 208 g/mol. The summed E-state index contributed by atoms with van der Waals surface area (Å²) in [5.41, 5.74) is 3.25. The summed E-state index contributed by atoms with van der Waals surface area (Å²) < 4.78 is 0. The molecule has 0 spiro atoms. The smallest absolute Gasteiger partial charge is 0.0595 e. The molecule has 0 aromatic carbocycles. The highest BCUT2D eigenvalue weighted by atomic mass is 35.5. The summed E-state index contributed by atoms with van der Waals surface area (Å²) >= 11 is 5.86. The molecule has 74 valence electrons. The Hall–Kier alpha value is -1.15. The van der Waals surface area contributed by atoms with E-state index in [0.717, 1.165) is 16.8 Å². The molecule has 0 bridgehead atoms.